The monoisotopic (exact) mass is 186 g/mol. The van der Waals surface area contributed by atoms with Crippen LogP contribution in [0.25, 0.3) is 0 Å². The molecular formula is C4H11ClN2O2S. The highest BCUT2D eigenvalue weighted by atomic mass is 35.5. The fraction of sp³-hybridized carbons (Fsp3) is 0.750. The molecule has 62 valence electrons. The number of hydrogen-bond acceptors (Lipinski definition) is 3. The second-order valence-electron chi connectivity index (χ2n) is 1.87. The summed E-state index contributed by atoms with van der Waals surface area (Å²) in [5.74, 6) is -0.509. The van der Waals surface area contributed by atoms with E-state index in [1.165, 1.54) is 12.5 Å². The van der Waals surface area contributed by atoms with E-state index in [0.29, 0.717) is 0 Å². The van der Waals surface area contributed by atoms with Gasteiger partial charge in [-0.2, -0.15) is 4.36 Å². The molecule has 0 atom stereocenters. The predicted molar refractivity (Wildman–Crippen MR) is 43.7 cm³/mol. The summed E-state index contributed by atoms with van der Waals surface area (Å²) in [5, 5.41) is 0. The Bertz CT molecular complexity index is 211. The van der Waals surface area contributed by atoms with Crippen LogP contribution in [0, 0.1) is 0 Å². The molecule has 2 N–H and O–H groups in total. The van der Waals surface area contributed by atoms with E-state index < -0.39 is 15.6 Å². The van der Waals surface area contributed by atoms with Crippen LogP contribution in [0.2, 0.25) is 0 Å². The van der Waals surface area contributed by atoms with E-state index in [4.69, 9.17) is 5.73 Å². The highest BCUT2D eigenvalue weighted by Crippen LogP contribution is 1.82. The lowest BCUT2D eigenvalue weighted by Crippen LogP contribution is -2.12. The summed E-state index contributed by atoms with van der Waals surface area (Å²) < 4.78 is 14.0. The van der Waals surface area contributed by atoms with Gasteiger partial charge in [-0.1, -0.05) is 0 Å². The molecule has 0 spiro atoms. The Kier molecular flexibility index (Phi) is 5.83. The lowest BCUT2D eigenvalue weighted by atomic mass is 10.7. The van der Waals surface area contributed by atoms with Crippen LogP contribution in [0.3, 0.4) is 0 Å². The molecule has 1 amide bonds. The van der Waals surface area contributed by atoms with Gasteiger partial charge in [-0.3, -0.25) is 4.79 Å². The summed E-state index contributed by atoms with van der Waals surface area (Å²) in [4.78, 5) is 10.4. The Morgan fingerprint density at radius 3 is 2.10 bits per heavy atom. The van der Waals surface area contributed by atoms with Gasteiger partial charge in [-0.15, -0.1) is 12.4 Å². The molecular weight excluding hydrogens is 176 g/mol. The maximum atomic E-state index is 10.7. The lowest BCUT2D eigenvalue weighted by Gasteiger charge is -1.90. The number of amides is 1. The first-order valence-corrected chi connectivity index (χ1v) is 4.69. The molecule has 0 aromatic rings. The lowest BCUT2D eigenvalue weighted by molar-refractivity contribution is -0.116. The second-order valence-corrected chi connectivity index (χ2v) is 4.42. The topological polar surface area (TPSA) is 72.5 Å². The maximum absolute atomic E-state index is 10.7. The Morgan fingerprint density at radius 2 is 2.00 bits per heavy atom. The molecule has 0 fully saturated rings. The van der Waals surface area contributed by atoms with Crippen LogP contribution < -0.4 is 5.73 Å². The number of nitrogens with two attached hydrogens (primary N) is 1. The third-order valence-electron chi connectivity index (χ3n) is 0.496. The van der Waals surface area contributed by atoms with Crippen molar-refractivity contribution in [2.24, 2.45) is 10.1 Å². The van der Waals surface area contributed by atoms with E-state index in [1.54, 1.807) is 0 Å². The molecule has 0 radical (unpaired) electrons. The van der Waals surface area contributed by atoms with Crippen LogP contribution in [0.15, 0.2) is 4.36 Å². The maximum Gasteiger partial charge on any atom is 0.267 e. The van der Waals surface area contributed by atoms with Crippen molar-refractivity contribution in [3.8, 4) is 0 Å². The summed E-state index contributed by atoms with van der Waals surface area (Å²) in [7, 11) is -2.29. The van der Waals surface area contributed by atoms with E-state index in [2.05, 4.69) is 4.36 Å². The molecule has 0 aliphatic heterocycles. The zero-order valence-electron chi connectivity index (χ0n) is 5.86. The predicted octanol–water partition coefficient (Wildman–Crippen LogP) is -0.379. The van der Waals surface area contributed by atoms with Gasteiger partial charge in [-0.05, 0) is 0 Å². The quantitative estimate of drug-likeness (QED) is 0.607. The average molecular weight is 187 g/mol. The summed E-state index contributed by atoms with van der Waals surface area (Å²) in [5.41, 5.74) is 4.91. The zero-order valence-corrected chi connectivity index (χ0v) is 7.50. The summed E-state index contributed by atoms with van der Waals surface area (Å²) in [6, 6.07) is 0. The number of halogens is 1. The van der Waals surface area contributed by atoms with Crippen molar-refractivity contribution < 1.29 is 9.00 Å². The van der Waals surface area contributed by atoms with E-state index in [0.717, 1.165) is 0 Å². The zero-order chi connectivity index (χ0) is 7.49. The number of carbonyl (C=O) groups is 1. The first kappa shape index (κ1) is 12.5. The third-order valence-corrected chi connectivity index (χ3v) is 1.14. The molecule has 0 rings (SSSR count). The molecule has 0 aromatic heterocycles. The molecule has 0 saturated carbocycles. The Morgan fingerprint density at radius 1 is 1.60 bits per heavy atom. The van der Waals surface area contributed by atoms with Crippen LogP contribution in [-0.2, 0) is 14.5 Å². The highest BCUT2D eigenvalue weighted by molar-refractivity contribution is 7.92. The van der Waals surface area contributed by atoms with Crippen LogP contribution in [0.5, 0.6) is 0 Å². The Hall–Kier alpha value is -0.130. The second kappa shape index (κ2) is 4.65. The molecule has 4 nitrogen and oxygen atoms in total. The minimum absolute atomic E-state index is 0. The van der Waals surface area contributed by atoms with Gasteiger partial charge in [0.25, 0.3) is 5.91 Å². The summed E-state index contributed by atoms with van der Waals surface area (Å²) in [6.45, 7) is -0.168. The van der Waals surface area contributed by atoms with Crippen LogP contribution in [-0.4, -0.2) is 29.2 Å². The van der Waals surface area contributed by atoms with E-state index in [-0.39, 0.29) is 19.0 Å². The first-order valence-electron chi connectivity index (χ1n) is 2.36. The van der Waals surface area contributed by atoms with Crippen molar-refractivity contribution in [1.82, 2.24) is 0 Å². The van der Waals surface area contributed by atoms with E-state index in [9.17, 15) is 9.00 Å². The first-order chi connectivity index (χ1) is 3.95. The molecule has 0 aliphatic rings. The van der Waals surface area contributed by atoms with Crippen LogP contribution in [0.1, 0.15) is 0 Å². The SMILES string of the molecule is CS(C)(=O)=NC(=O)CN.Cl. The fourth-order valence-corrected chi connectivity index (χ4v) is 0.847. The van der Waals surface area contributed by atoms with Gasteiger partial charge in [-0.25, -0.2) is 4.21 Å². The van der Waals surface area contributed by atoms with Gasteiger partial charge in [0.1, 0.15) is 0 Å². The number of rotatable bonds is 1. The van der Waals surface area contributed by atoms with Gasteiger partial charge in [0.05, 0.1) is 6.54 Å². The largest absolute Gasteiger partial charge is 0.322 e. The molecule has 0 heterocycles. The normalized spacial score (nSPS) is 9.90. The van der Waals surface area contributed by atoms with Gasteiger partial charge < -0.3 is 5.73 Å². The summed E-state index contributed by atoms with van der Waals surface area (Å²) >= 11 is 0. The molecule has 6 heteroatoms. The smallest absolute Gasteiger partial charge is 0.267 e. The molecule has 0 aromatic carbocycles. The summed E-state index contributed by atoms with van der Waals surface area (Å²) in [6.07, 6.45) is 2.78. The van der Waals surface area contributed by atoms with Crippen molar-refractivity contribution in [2.75, 3.05) is 19.1 Å². The van der Waals surface area contributed by atoms with Crippen molar-refractivity contribution in [2.45, 2.75) is 0 Å². The fourth-order valence-electron chi connectivity index (χ4n) is 0.282. The van der Waals surface area contributed by atoms with Gasteiger partial charge >= 0.3 is 0 Å². The molecule has 0 unspecified atom stereocenters. The van der Waals surface area contributed by atoms with Gasteiger partial charge in [0.2, 0.25) is 0 Å². The van der Waals surface area contributed by atoms with Crippen molar-refractivity contribution in [1.29, 1.82) is 0 Å². The third kappa shape index (κ3) is 7.87. The molecule has 0 saturated heterocycles. The van der Waals surface area contributed by atoms with E-state index in [1.807, 2.05) is 0 Å². The minimum atomic E-state index is -2.29. The van der Waals surface area contributed by atoms with Crippen molar-refractivity contribution >= 4 is 28.0 Å². The van der Waals surface area contributed by atoms with Crippen molar-refractivity contribution in [3.63, 3.8) is 0 Å². The molecule has 0 aliphatic carbocycles. The van der Waals surface area contributed by atoms with Crippen LogP contribution in [0.4, 0.5) is 0 Å². The van der Waals surface area contributed by atoms with Gasteiger partial charge in [0, 0.05) is 22.2 Å². The van der Waals surface area contributed by atoms with Gasteiger partial charge in [0.15, 0.2) is 0 Å². The van der Waals surface area contributed by atoms with E-state index >= 15 is 0 Å². The number of nitrogens with zero attached hydrogens (tertiary/aromatic N) is 1. The molecule has 10 heavy (non-hydrogen) atoms. The number of hydrogen-bond donors (Lipinski definition) is 1. The molecule has 0 bridgehead atoms. The Balaban J connectivity index is 0. The standard InChI is InChI=1S/C4H10N2O2S.ClH/c1-9(2,8)6-4(7)3-5;/h3,5H2,1-2H3;1H. The highest BCUT2D eigenvalue weighted by Gasteiger charge is 1.95. The minimum Gasteiger partial charge on any atom is -0.322 e. The number of carbonyl (C=O) groups excluding carboxylic acids is 1. The van der Waals surface area contributed by atoms with Crippen molar-refractivity contribution in [3.05, 3.63) is 0 Å². The van der Waals surface area contributed by atoms with Crippen LogP contribution >= 0.6 is 12.4 Å². The average Bonchev–Trinajstić information content (AvgIpc) is 1.62. The Labute approximate surface area is 66.8 Å².